The molecule has 5 heteroatoms. The largest absolute Gasteiger partial charge is 0.350 e. The summed E-state index contributed by atoms with van der Waals surface area (Å²) in [5, 5.41) is 4.03. The smallest absolute Gasteiger partial charge is 0.251 e. The van der Waals surface area contributed by atoms with E-state index in [1.54, 1.807) is 11.3 Å². The zero-order valence-corrected chi connectivity index (χ0v) is 15.8. The van der Waals surface area contributed by atoms with Gasteiger partial charge in [0.1, 0.15) is 0 Å². The van der Waals surface area contributed by atoms with Crippen LogP contribution < -0.4 is 5.32 Å². The van der Waals surface area contributed by atoms with E-state index < -0.39 is 0 Å². The summed E-state index contributed by atoms with van der Waals surface area (Å²) in [4.78, 5) is 17.1. The van der Waals surface area contributed by atoms with Crippen LogP contribution in [0.5, 0.6) is 0 Å². The van der Waals surface area contributed by atoms with Gasteiger partial charge in [-0.1, -0.05) is 38.0 Å². The third-order valence-electron chi connectivity index (χ3n) is 4.26. The maximum absolute atomic E-state index is 12.5. The Morgan fingerprint density at radius 3 is 2.68 bits per heavy atom. The highest BCUT2D eigenvalue weighted by Gasteiger charge is 2.12. The lowest BCUT2D eigenvalue weighted by molar-refractivity contribution is 0.0938. The van der Waals surface area contributed by atoms with Crippen LogP contribution in [0.3, 0.4) is 0 Å². The topological polar surface area (TPSA) is 46.9 Å². The third kappa shape index (κ3) is 4.48. The fraction of sp³-hybridized carbons (Fsp3) is 0.400. The average Bonchev–Trinajstić information content (AvgIpc) is 3.22. The molecule has 0 radical (unpaired) electrons. The van der Waals surface area contributed by atoms with Crippen LogP contribution >= 0.6 is 11.3 Å². The number of nitrogens with zero attached hydrogens (tertiary/aromatic N) is 2. The molecule has 1 aromatic carbocycles. The van der Waals surface area contributed by atoms with Gasteiger partial charge in [0, 0.05) is 24.0 Å². The summed E-state index contributed by atoms with van der Waals surface area (Å²) in [5.74, 6) is 0.709. The molecular formula is C20H25N3OS. The van der Waals surface area contributed by atoms with E-state index in [4.69, 9.17) is 0 Å². The van der Waals surface area contributed by atoms with Crippen LogP contribution in [0.25, 0.3) is 15.3 Å². The Bertz CT molecular complexity index is 836. The van der Waals surface area contributed by atoms with Gasteiger partial charge in [-0.05, 0) is 49.6 Å². The van der Waals surface area contributed by atoms with E-state index in [1.165, 1.54) is 6.42 Å². The van der Waals surface area contributed by atoms with Crippen molar-refractivity contribution in [2.24, 2.45) is 5.92 Å². The first kappa shape index (κ1) is 17.7. The molecule has 132 valence electrons. The molecule has 0 spiro atoms. The summed E-state index contributed by atoms with van der Waals surface area (Å²) in [5.41, 5.74) is 1.63. The van der Waals surface area contributed by atoms with Crippen molar-refractivity contribution in [3.63, 3.8) is 0 Å². The molecule has 0 unspecified atom stereocenters. The van der Waals surface area contributed by atoms with E-state index in [9.17, 15) is 4.79 Å². The lowest BCUT2D eigenvalue weighted by Gasteiger charge is -2.14. The molecule has 25 heavy (non-hydrogen) atoms. The zero-order chi connectivity index (χ0) is 17.8. The lowest BCUT2D eigenvalue weighted by Crippen LogP contribution is -2.32. The SMILES string of the molecule is CC(C)CCC[C@@H](C)NC(=O)c1ccc2nc(-n3cccc3)sc2c1. The van der Waals surface area contributed by atoms with Crippen molar-refractivity contribution in [3.05, 3.63) is 48.3 Å². The number of thiazole rings is 1. The molecule has 1 amide bonds. The first-order chi connectivity index (χ1) is 12.0. The molecule has 1 atom stereocenters. The van der Waals surface area contributed by atoms with Gasteiger partial charge in [-0.3, -0.25) is 4.79 Å². The normalized spacial score (nSPS) is 12.6. The van der Waals surface area contributed by atoms with Crippen LogP contribution in [0.15, 0.2) is 42.7 Å². The number of fused-ring (bicyclic) bond motifs is 1. The summed E-state index contributed by atoms with van der Waals surface area (Å²) in [6.45, 7) is 6.54. The highest BCUT2D eigenvalue weighted by Crippen LogP contribution is 2.26. The second-order valence-electron chi connectivity index (χ2n) is 6.97. The first-order valence-corrected chi connectivity index (χ1v) is 9.69. The van der Waals surface area contributed by atoms with Crippen LogP contribution in [0.1, 0.15) is 50.4 Å². The van der Waals surface area contributed by atoms with Gasteiger partial charge in [0.05, 0.1) is 10.2 Å². The van der Waals surface area contributed by atoms with E-state index in [2.05, 4.69) is 31.1 Å². The minimum Gasteiger partial charge on any atom is -0.350 e. The summed E-state index contributed by atoms with van der Waals surface area (Å²) in [6, 6.07) is 9.88. The highest BCUT2D eigenvalue weighted by molar-refractivity contribution is 7.20. The zero-order valence-electron chi connectivity index (χ0n) is 15.0. The van der Waals surface area contributed by atoms with E-state index in [0.29, 0.717) is 11.5 Å². The minimum absolute atomic E-state index is 0.00476. The predicted molar refractivity (Wildman–Crippen MR) is 105 cm³/mol. The molecule has 1 N–H and O–H groups in total. The molecule has 0 saturated heterocycles. The Morgan fingerprint density at radius 2 is 1.96 bits per heavy atom. The second-order valence-corrected chi connectivity index (χ2v) is 7.98. The van der Waals surface area contributed by atoms with Gasteiger partial charge in [0.25, 0.3) is 5.91 Å². The summed E-state index contributed by atoms with van der Waals surface area (Å²) < 4.78 is 3.02. The van der Waals surface area contributed by atoms with Gasteiger partial charge in [0.2, 0.25) is 0 Å². The number of hydrogen-bond donors (Lipinski definition) is 1. The third-order valence-corrected chi connectivity index (χ3v) is 5.29. The van der Waals surface area contributed by atoms with Gasteiger partial charge < -0.3 is 9.88 Å². The van der Waals surface area contributed by atoms with Crippen LogP contribution in [-0.4, -0.2) is 21.5 Å². The number of hydrogen-bond acceptors (Lipinski definition) is 3. The van der Waals surface area contributed by atoms with Gasteiger partial charge in [0.15, 0.2) is 5.13 Å². The maximum Gasteiger partial charge on any atom is 0.251 e. The number of aromatic nitrogens is 2. The number of carbonyl (C=O) groups is 1. The molecule has 4 nitrogen and oxygen atoms in total. The van der Waals surface area contributed by atoms with Crippen LogP contribution in [0.4, 0.5) is 0 Å². The molecule has 0 aliphatic carbocycles. The number of rotatable bonds is 7. The molecule has 2 aromatic heterocycles. The number of nitrogens with one attached hydrogen (secondary N) is 1. The fourth-order valence-electron chi connectivity index (χ4n) is 2.84. The van der Waals surface area contributed by atoms with Crippen molar-refractivity contribution < 1.29 is 4.79 Å². The minimum atomic E-state index is -0.00476. The Labute approximate surface area is 152 Å². The lowest BCUT2D eigenvalue weighted by atomic mass is 10.0. The standard InChI is InChI=1S/C20H25N3OS/c1-14(2)7-6-8-15(3)21-19(24)16-9-10-17-18(13-16)25-20(22-17)23-11-4-5-12-23/h4-5,9-15H,6-8H2,1-3H3,(H,21,24)/t15-/m1/s1. The maximum atomic E-state index is 12.5. The Hall–Kier alpha value is -2.14. The molecule has 0 fully saturated rings. The van der Waals surface area contributed by atoms with Gasteiger partial charge >= 0.3 is 0 Å². The fourth-order valence-corrected chi connectivity index (χ4v) is 3.81. The van der Waals surface area contributed by atoms with Gasteiger partial charge in [-0.2, -0.15) is 0 Å². The average molecular weight is 356 g/mol. The summed E-state index contributed by atoms with van der Waals surface area (Å²) >= 11 is 1.59. The van der Waals surface area contributed by atoms with E-state index in [1.807, 2.05) is 47.3 Å². The molecule has 0 aliphatic heterocycles. The molecule has 0 aliphatic rings. The van der Waals surface area contributed by atoms with Crippen molar-refractivity contribution in [3.8, 4) is 5.13 Å². The highest BCUT2D eigenvalue weighted by atomic mass is 32.1. The molecular weight excluding hydrogens is 330 g/mol. The van der Waals surface area contributed by atoms with Crippen molar-refractivity contribution >= 4 is 27.5 Å². The van der Waals surface area contributed by atoms with Crippen LogP contribution in [-0.2, 0) is 0 Å². The second kappa shape index (κ2) is 7.83. The number of amides is 1. The monoisotopic (exact) mass is 355 g/mol. The summed E-state index contributed by atoms with van der Waals surface area (Å²) in [6.07, 6.45) is 7.32. The molecule has 0 saturated carbocycles. The van der Waals surface area contributed by atoms with Gasteiger partial charge in [-0.15, -0.1) is 0 Å². The Balaban J connectivity index is 1.67. The van der Waals surface area contributed by atoms with E-state index in [0.717, 1.165) is 28.2 Å². The molecule has 3 aromatic rings. The summed E-state index contributed by atoms with van der Waals surface area (Å²) in [7, 11) is 0. The van der Waals surface area contributed by atoms with Crippen molar-refractivity contribution in [1.82, 2.24) is 14.9 Å². The first-order valence-electron chi connectivity index (χ1n) is 8.87. The number of carbonyl (C=O) groups excluding carboxylic acids is 1. The Kier molecular flexibility index (Phi) is 5.53. The van der Waals surface area contributed by atoms with E-state index >= 15 is 0 Å². The van der Waals surface area contributed by atoms with E-state index in [-0.39, 0.29) is 11.9 Å². The van der Waals surface area contributed by atoms with Crippen LogP contribution in [0, 0.1) is 5.92 Å². The molecule has 0 bridgehead atoms. The predicted octanol–water partition coefficient (Wildman–Crippen LogP) is 5.03. The van der Waals surface area contributed by atoms with Crippen molar-refractivity contribution in [1.29, 1.82) is 0 Å². The van der Waals surface area contributed by atoms with Crippen molar-refractivity contribution in [2.75, 3.05) is 0 Å². The molecule has 3 rings (SSSR count). The molecule has 2 heterocycles. The number of benzene rings is 1. The van der Waals surface area contributed by atoms with Crippen LogP contribution in [0.2, 0.25) is 0 Å². The quantitative estimate of drug-likeness (QED) is 0.646. The van der Waals surface area contributed by atoms with Crippen molar-refractivity contribution in [2.45, 2.75) is 46.1 Å². The van der Waals surface area contributed by atoms with Gasteiger partial charge in [-0.25, -0.2) is 4.98 Å². The Morgan fingerprint density at radius 1 is 1.20 bits per heavy atom.